The predicted molar refractivity (Wildman–Crippen MR) is 394 cm³/mol. The molecule has 0 N–H and O–H groups in total. The average Bonchev–Trinajstić information content (AvgIpc) is 0.719. The number of hydrogen-bond acceptors (Lipinski definition) is 10. The number of hydrogen-bond donors (Lipinski definition) is 0. The first-order valence-corrected chi connectivity index (χ1v) is 40.2. The summed E-state index contributed by atoms with van der Waals surface area (Å²) >= 11 is 0. The molecule has 108 heavy (non-hydrogen) atoms. The summed E-state index contributed by atoms with van der Waals surface area (Å²) in [6, 6.07) is 54.6. The molecule has 576 valence electrons. The van der Waals surface area contributed by atoms with E-state index in [4.69, 9.17) is 49.8 Å². The van der Waals surface area contributed by atoms with Crippen LogP contribution in [0.5, 0.6) is 0 Å². The Morgan fingerprint density at radius 2 is 0.361 bits per heavy atom. The molecule has 12 aliphatic carbocycles. The fourth-order valence-electron chi connectivity index (χ4n) is 19.6. The molecular weight excluding hydrogens is 1540 g/mol. The Labute approximate surface area is 641 Å². The van der Waals surface area contributed by atoms with Gasteiger partial charge in [-0.3, -0.25) is 19.9 Å². The topological polar surface area (TPSA) is 129 Å². The molecule has 22 rings (SSSR count). The minimum Gasteiger partial charge on any atom is 1.00 e. The zero-order chi connectivity index (χ0) is 75.9. The Kier molecular flexibility index (Phi) is 18.6. The third kappa shape index (κ3) is 15.2. The first kappa shape index (κ1) is 78.7. The van der Waals surface area contributed by atoms with Crippen LogP contribution in [-0.2, 0) is 34.1 Å². The largest absolute Gasteiger partial charge is 1.00 e. The normalized spacial score (nSPS) is 26.4. The Bertz CT molecular complexity index is 4610. The average molecular weight is 1620 g/mol. The van der Waals surface area contributed by atoms with E-state index in [-0.39, 0.29) is 34.1 Å². The van der Waals surface area contributed by atoms with Crippen molar-refractivity contribution in [1.29, 1.82) is 0 Å². The van der Waals surface area contributed by atoms with E-state index in [1.165, 1.54) is 70.7 Å². The number of aromatic nitrogens is 10. The van der Waals surface area contributed by atoms with Gasteiger partial charge in [0.15, 0.2) is 0 Å². The Morgan fingerprint density at radius 3 is 0.491 bits per heavy atom. The third-order valence-electron chi connectivity index (χ3n) is 25.4. The quantitative estimate of drug-likeness (QED) is 0.0824. The van der Waals surface area contributed by atoms with Crippen molar-refractivity contribution in [2.75, 3.05) is 0 Å². The van der Waals surface area contributed by atoms with Gasteiger partial charge < -0.3 is 0 Å². The third-order valence-corrected chi connectivity index (χ3v) is 25.4. The van der Waals surface area contributed by atoms with Gasteiger partial charge in [-0.15, -0.1) is 0 Å². The molecule has 8 bridgehead atoms. The molecule has 0 unspecified atom stereocenters. The van der Waals surface area contributed by atoms with Crippen molar-refractivity contribution in [2.45, 2.75) is 156 Å². The summed E-state index contributed by atoms with van der Waals surface area (Å²) in [5.74, 6) is 7.17. The maximum Gasteiger partial charge on any atom is 1.00 e. The van der Waals surface area contributed by atoms with Crippen molar-refractivity contribution in [3.63, 3.8) is 0 Å². The van der Waals surface area contributed by atoms with E-state index in [0.29, 0.717) is 92.7 Å². The van der Waals surface area contributed by atoms with Crippen LogP contribution < -0.4 is 0 Å². The molecule has 10 nitrogen and oxygen atoms in total. The molecule has 0 aliphatic heterocycles. The second-order valence-corrected chi connectivity index (χ2v) is 36.9. The maximum atomic E-state index is 9.87. The summed E-state index contributed by atoms with van der Waals surface area (Å²) < 4.78 is 118. The first-order chi connectivity index (χ1) is 49.1. The SMILES string of the molecule is C[C@@H]1c2nc(-c3cccc(-c4cccc(-c5cccc(-c6ccc7c(n6)[C@@H](C)[C@H]6C[C@@H]7C6(C)C)n5)n4)n3)ccc2[C@@H]2C[C@H]1C2(C)C.C[C@@H]1c2nc(-c3cccc(-c4cccc(-c5cccc(-c6ccc7c(n6)[C@@H](C)[C@H]6C[C@@H]7C6(C)C)n5)n4)n3)ccc2[C@@H]2C[C@H]1C2(C)C.F[P-](F)(F)(F)(F)F.F[P-](F)(F)(F)(F)F.[Cu+].[Cu+]. The van der Waals surface area contributed by atoms with Gasteiger partial charge in [0, 0.05) is 46.4 Å². The van der Waals surface area contributed by atoms with Crippen LogP contribution in [0.1, 0.15) is 201 Å². The Hall–Kier alpha value is -7.44. The molecule has 26 heteroatoms. The second kappa shape index (κ2) is 25.5. The molecule has 10 aromatic rings. The monoisotopic (exact) mass is 1620 g/mol. The van der Waals surface area contributed by atoms with E-state index in [9.17, 15) is 50.4 Å². The van der Waals surface area contributed by atoms with Gasteiger partial charge in [0.2, 0.25) is 0 Å². The fourth-order valence-corrected chi connectivity index (χ4v) is 19.6. The van der Waals surface area contributed by atoms with Crippen LogP contribution in [-0.4, -0.2) is 49.8 Å². The van der Waals surface area contributed by atoms with Crippen molar-refractivity contribution in [1.82, 2.24) is 49.8 Å². The molecule has 4 fully saturated rings. The summed E-state index contributed by atoms with van der Waals surface area (Å²) in [5, 5.41) is 0. The maximum absolute atomic E-state index is 10.7. The molecule has 12 aliphatic rings. The molecule has 10 aromatic heterocycles. The first-order valence-electron chi connectivity index (χ1n) is 36.1. The van der Waals surface area contributed by atoms with Crippen LogP contribution in [0.2, 0.25) is 0 Å². The Morgan fingerprint density at radius 1 is 0.231 bits per heavy atom. The molecule has 0 spiro atoms. The van der Waals surface area contributed by atoms with Gasteiger partial charge in [-0.1, -0.05) is 144 Å². The van der Waals surface area contributed by atoms with E-state index in [1.807, 2.05) is 60.7 Å². The predicted octanol–water partition coefficient (Wildman–Crippen LogP) is 26.4. The summed E-state index contributed by atoms with van der Waals surface area (Å²) in [6.45, 7) is 28.8. The Balaban J connectivity index is 0.000000159. The van der Waals surface area contributed by atoms with Gasteiger partial charge >= 0.3 is 100 Å². The van der Waals surface area contributed by atoms with Crippen molar-refractivity contribution < 1.29 is 84.5 Å². The smallest absolute Gasteiger partial charge is 1.00 e. The van der Waals surface area contributed by atoms with Gasteiger partial charge in [0.25, 0.3) is 0 Å². The fraction of sp³-hybridized carbons (Fsp3) is 0.390. The molecule has 10 heterocycles. The summed E-state index contributed by atoms with van der Waals surface area (Å²) in [7, 11) is -21.3. The number of rotatable bonds is 8. The number of pyridine rings is 10. The minimum absolute atomic E-state index is 0. The van der Waals surface area contributed by atoms with Crippen LogP contribution in [0, 0.1) is 45.3 Å². The van der Waals surface area contributed by atoms with Crippen LogP contribution in [0.3, 0.4) is 0 Å². The molecule has 0 amide bonds. The molecule has 4 saturated carbocycles. The standard InChI is InChI=1S/2C41H41N5.2Cu.2F6P/c2*1-22-26-20-28(40(26,3)4)24-16-18-36(45-38(22)24)34-14-8-12-32(43-34)30-10-7-11-31(42-30)33-13-9-15-35(44-33)37-19-17-25-29-21-27(41(29,5)6)23(2)39(25)46-37;;;2*1-7(2,3,4,5)6/h2*7-19,22-23,26-29H,20-21H2,1-6H3;;;;/q;;2*+1;2*-1/t2*22-,23-,26+,27+,28-,29-;;;;/m00..../s1. The van der Waals surface area contributed by atoms with E-state index in [0.717, 1.165) is 91.1 Å². The van der Waals surface area contributed by atoms with Gasteiger partial charge in [-0.25, -0.2) is 29.9 Å². The molecule has 0 aromatic carbocycles. The van der Waals surface area contributed by atoms with Crippen LogP contribution >= 0.6 is 15.6 Å². The van der Waals surface area contributed by atoms with Gasteiger partial charge in [0.1, 0.15) is 0 Å². The summed E-state index contributed by atoms with van der Waals surface area (Å²) in [6.07, 6.45) is 5.16. The number of nitrogens with zero attached hydrogens (tertiary/aromatic N) is 10. The van der Waals surface area contributed by atoms with Gasteiger partial charge in [0.05, 0.1) is 91.1 Å². The van der Waals surface area contributed by atoms with Crippen molar-refractivity contribution in [2.24, 2.45) is 45.3 Å². The van der Waals surface area contributed by atoms with Gasteiger partial charge in [-0.2, -0.15) is 0 Å². The van der Waals surface area contributed by atoms with Crippen molar-refractivity contribution in [3.8, 4) is 91.1 Å². The molecule has 12 atom stereocenters. The zero-order valence-electron chi connectivity index (χ0n) is 61.3. The minimum atomic E-state index is -10.7. The van der Waals surface area contributed by atoms with Gasteiger partial charge in [-0.05, 0) is 214 Å². The second-order valence-electron chi connectivity index (χ2n) is 33.1. The summed E-state index contributed by atoms with van der Waals surface area (Å²) in [4.78, 5) is 51.1. The molecule has 0 saturated heterocycles. The van der Waals surface area contributed by atoms with E-state index >= 15 is 0 Å². The van der Waals surface area contributed by atoms with Crippen LogP contribution in [0.15, 0.2) is 158 Å². The van der Waals surface area contributed by atoms with Crippen molar-refractivity contribution >= 4 is 15.6 Å². The zero-order valence-corrected chi connectivity index (χ0v) is 64.9. The van der Waals surface area contributed by atoms with E-state index < -0.39 is 15.6 Å². The molecular formula is C82H82Cu2F12N10P2. The molecule has 0 radical (unpaired) electrons. The van der Waals surface area contributed by atoms with Crippen LogP contribution in [0.4, 0.5) is 50.4 Å². The van der Waals surface area contributed by atoms with Crippen molar-refractivity contribution in [3.05, 3.63) is 203 Å². The van der Waals surface area contributed by atoms with E-state index in [2.05, 4.69) is 180 Å². The van der Waals surface area contributed by atoms with Crippen LogP contribution in [0.25, 0.3) is 91.1 Å². The van der Waals surface area contributed by atoms with E-state index in [1.54, 1.807) is 0 Å². The summed E-state index contributed by atoms with van der Waals surface area (Å²) in [5.41, 5.74) is 26.1. The number of halogens is 12.